The van der Waals surface area contributed by atoms with Gasteiger partial charge < -0.3 is 10.6 Å². The van der Waals surface area contributed by atoms with Crippen LogP contribution in [0.1, 0.15) is 62.5 Å². The molecular weight excluding hydrogens is 396 g/mol. The molecule has 0 aliphatic heterocycles. The summed E-state index contributed by atoms with van der Waals surface area (Å²) in [5.74, 6) is -0.420. The molecule has 2 amide bonds. The molecule has 1 aromatic carbocycles. The molecule has 0 spiro atoms. The average molecular weight is 423 g/mol. The Hall–Kier alpha value is -2.93. The van der Waals surface area contributed by atoms with Crippen molar-refractivity contribution >= 4 is 33.8 Å². The molecule has 2 heterocycles. The molecule has 2 aromatic heterocycles. The zero-order chi connectivity index (χ0) is 21.1. The van der Waals surface area contributed by atoms with E-state index in [1.165, 1.54) is 33.7 Å². The van der Waals surface area contributed by atoms with Crippen LogP contribution in [0.25, 0.3) is 0 Å². The summed E-state index contributed by atoms with van der Waals surface area (Å²) in [5, 5.41) is 10.7. The quantitative estimate of drug-likeness (QED) is 0.624. The van der Waals surface area contributed by atoms with Gasteiger partial charge in [-0.25, -0.2) is 0 Å². The lowest BCUT2D eigenvalue weighted by molar-refractivity contribution is 0.101. The standard InChI is InChI=1S/C23H26N4O2S/c1-15-9-7-8-11-17(15)25-22(29)20-16-10-5-3-4-6-12-19(16)30-23(20)26-21(28)18-13-14-24-27(18)2/h7-9,11,13-14H,3-6,10,12H2,1-2H3,(H,25,29)(H,26,28). The number of aryl methyl sites for hydroxylation is 3. The number of hydrogen-bond donors (Lipinski definition) is 2. The normalized spacial score (nSPS) is 13.8. The van der Waals surface area contributed by atoms with Gasteiger partial charge in [-0.3, -0.25) is 14.3 Å². The third-order valence-corrected chi connectivity index (χ3v) is 6.78. The number of aromatic nitrogens is 2. The van der Waals surface area contributed by atoms with Crippen LogP contribution in [0.2, 0.25) is 0 Å². The van der Waals surface area contributed by atoms with Crippen LogP contribution in [0.4, 0.5) is 10.7 Å². The number of anilines is 2. The number of benzene rings is 1. The second-order valence-corrected chi connectivity index (χ2v) is 8.79. The zero-order valence-electron chi connectivity index (χ0n) is 17.3. The molecule has 0 unspecified atom stereocenters. The van der Waals surface area contributed by atoms with Gasteiger partial charge in [-0.15, -0.1) is 11.3 Å². The summed E-state index contributed by atoms with van der Waals surface area (Å²) >= 11 is 1.54. The maximum absolute atomic E-state index is 13.4. The molecule has 0 fully saturated rings. The lowest BCUT2D eigenvalue weighted by Gasteiger charge is -2.13. The average Bonchev–Trinajstić information content (AvgIpc) is 3.27. The van der Waals surface area contributed by atoms with Crippen LogP contribution < -0.4 is 10.6 Å². The Morgan fingerprint density at radius 3 is 2.50 bits per heavy atom. The van der Waals surface area contributed by atoms with Crippen LogP contribution >= 0.6 is 11.3 Å². The van der Waals surface area contributed by atoms with Crippen molar-refractivity contribution in [1.82, 2.24) is 9.78 Å². The number of carbonyl (C=O) groups excluding carboxylic acids is 2. The second-order valence-electron chi connectivity index (χ2n) is 7.69. The number of nitrogens with one attached hydrogen (secondary N) is 2. The lowest BCUT2D eigenvalue weighted by Crippen LogP contribution is -2.20. The number of fused-ring (bicyclic) bond motifs is 1. The molecule has 2 N–H and O–H groups in total. The third kappa shape index (κ3) is 4.16. The number of rotatable bonds is 4. The summed E-state index contributed by atoms with van der Waals surface area (Å²) in [4.78, 5) is 27.4. The maximum atomic E-state index is 13.4. The lowest BCUT2D eigenvalue weighted by atomic mass is 9.96. The van der Waals surface area contributed by atoms with E-state index < -0.39 is 0 Å². The van der Waals surface area contributed by atoms with Crippen molar-refractivity contribution in [3.63, 3.8) is 0 Å². The fraction of sp³-hybridized carbons (Fsp3) is 0.348. The van der Waals surface area contributed by atoms with Crippen LogP contribution in [-0.4, -0.2) is 21.6 Å². The van der Waals surface area contributed by atoms with E-state index >= 15 is 0 Å². The van der Waals surface area contributed by atoms with Crippen molar-refractivity contribution in [3.8, 4) is 0 Å². The highest BCUT2D eigenvalue weighted by molar-refractivity contribution is 7.17. The molecule has 0 bridgehead atoms. The first-order valence-electron chi connectivity index (χ1n) is 10.4. The Balaban J connectivity index is 1.70. The summed E-state index contributed by atoms with van der Waals surface area (Å²) in [6.07, 6.45) is 7.96. The topological polar surface area (TPSA) is 76.0 Å². The SMILES string of the molecule is Cc1ccccc1NC(=O)c1c(NC(=O)c2ccnn2C)sc2c1CCCCCC2. The van der Waals surface area contributed by atoms with Gasteiger partial charge in [0.1, 0.15) is 10.7 Å². The Bertz CT molecular complexity index is 1080. The van der Waals surface area contributed by atoms with E-state index in [0.29, 0.717) is 16.3 Å². The Kier molecular flexibility index (Phi) is 5.99. The molecule has 4 rings (SSSR count). The van der Waals surface area contributed by atoms with E-state index in [9.17, 15) is 9.59 Å². The van der Waals surface area contributed by atoms with Gasteiger partial charge in [-0.2, -0.15) is 5.10 Å². The minimum atomic E-state index is -0.255. The highest BCUT2D eigenvalue weighted by atomic mass is 32.1. The number of carbonyl (C=O) groups is 2. The highest BCUT2D eigenvalue weighted by Gasteiger charge is 2.26. The van der Waals surface area contributed by atoms with Crippen molar-refractivity contribution in [2.24, 2.45) is 7.05 Å². The first-order valence-corrected chi connectivity index (χ1v) is 11.2. The van der Waals surface area contributed by atoms with E-state index in [1.807, 2.05) is 31.2 Å². The summed E-state index contributed by atoms with van der Waals surface area (Å²) < 4.78 is 1.53. The van der Waals surface area contributed by atoms with Crippen LogP contribution in [-0.2, 0) is 19.9 Å². The predicted octanol–water partition coefficient (Wildman–Crippen LogP) is 4.95. The van der Waals surface area contributed by atoms with Crippen LogP contribution in [0, 0.1) is 6.92 Å². The second kappa shape index (κ2) is 8.83. The van der Waals surface area contributed by atoms with Gasteiger partial charge >= 0.3 is 0 Å². The first-order chi connectivity index (χ1) is 14.5. The van der Waals surface area contributed by atoms with Gasteiger partial charge in [0.15, 0.2) is 0 Å². The van der Waals surface area contributed by atoms with Gasteiger partial charge in [0.2, 0.25) is 0 Å². The maximum Gasteiger partial charge on any atom is 0.274 e. The zero-order valence-corrected chi connectivity index (χ0v) is 18.1. The largest absolute Gasteiger partial charge is 0.322 e. The minimum Gasteiger partial charge on any atom is -0.322 e. The van der Waals surface area contributed by atoms with Crippen molar-refractivity contribution in [2.45, 2.75) is 45.4 Å². The number of nitrogens with zero attached hydrogens (tertiary/aromatic N) is 2. The minimum absolute atomic E-state index is 0.164. The fourth-order valence-corrected chi connectivity index (χ4v) is 5.19. The van der Waals surface area contributed by atoms with E-state index in [4.69, 9.17) is 0 Å². The van der Waals surface area contributed by atoms with Crippen molar-refractivity contribution < 1.29 is 9.59 Å². The van der Waals surface area contributed by atoms with Gasteiger partial charge in [0.25, 0.3) is 11.8 Å². The Morgan fingerprint density at radius 1 is 1.00 bits per heavy atom. The summed E-state index contributed by atoms with van der Waals surface area (Å²) in [5.41, 5.74) is 3.95. The van der Waals surface area contributed by atoms with E-state index in [0.717, 1.165) is 42.5 Å². The van der Waals surface area contributed by atoms with E-state index in [-0.39, 0.29) is 11.8 Å². The smallest absolute Gasteiger partial charge is 0.274 e. The highest BCUT2D eigenvalue weighted by Crippen LogP contribution is 2.38. The number of hydrogen-bond acceptors (Lipinski definition) is 4. The summed E-state index contributed by atoms with van der Waals surface area (Å²) in [7, 11) is 1.73. The molecule has 156 valence electrons. The molecule has 3 aromatic rings. The fourth-order valence-electron chi connectivity index (χ4n) is 3.91. The van der Waals surface area contributed by atoms with Gasteiger partial charge in [-0.1, -0.05) is 31.0 Å². The molecule has 0 saturated heterocycles. The van der Waals surface area contributed by atoms with Crippen molar-refractivity contribution in [2.75, 3.05) is 10.6 Å². The van der Waals surface area contributed by atoms with Crippen LogP contribution in [0.15, 0.2) is 36.5 Å². The van der Waals surface area contributed by atoms with E-state index in [2.05, 4.69) is 15.7 Å². The molecule has 0 atom stereocenters. The van der Waals surface area contributed by atoms with Crippen LogP contribution in [0.5, 0.6) is 0 Å². The van der Waals surface area contributed by atoms with E-state index in [1.54, 1.807) is 19.3 Å². The molecule has 0 radical (unpaired) electrons. The number of amides is 2. The Labute approximate surface area is 180 Å². The molecule has 7 heteroatoms. The Morgan fingerprint density at radius 2 is 1.77 bits per heavy atom. The van der Waals surface area contributed by atoms with Crippen molar-refractivity contribution in [3.05, 3.63) is 63.8 Å². The van der Waals surface area contributed by atoms with Crippen LogP contribution in [0.3, 0.4) is 0 Å². The monoisotopic (exact) mass is 422 g/mol. The summed E-state index contributed by atoms with van der Waals surface area (Å²) in [6.45, 7) is 1.97. The van der Waals surface area contributed by atoms with Gasteiger partial charge in [0.05, 0.1) is 5.56 Å². The van der Waals surface area contributed by atoms with Gasteiger partial charge in [-0.05, 0) is 55.9 Å². The van der Waals surface area contributed by atoms with Gasteiger partial charge in [0, 0.05) is 23.8 Å². The third-order valence-electron chi connectivity index (χ3n) is 5.57. The van der Waals surface area contributed by atoms with Crippen molar-refractivity contribution in [1.29, 1.82) is 0 Å². The number of thiophene rings is 1. The molecule has 1 aliphatic rings. The molecule has 1 aliphatic carbocycles. The molecule has 30 heavy (non-hydrogen) atoms. The first kappa shape index (κ1) is 20.3. The molecular formula is C23H26N4O2S. The molecule has 0 saturated carbocycles. The summed E-state index contributed by atoms with van der Waals surface area (Å²) in [6, 6.07) is 9.40. The number of para-hydroxylation sites is 1. The predicted molar refractivity (Wildman–Crippen MR) is 120 cm³/mol. The molecule has 6 nitrogen and oxygen atoms in total.